The highest BCUT2D eigenvalue weighted by molar-refractivity contribution is 5.98. The third-order valence-electron chi connectivity index (χ3n) is 5.97. The minimum Gasteiger partial charge on any atom is -0.493 e. The number of rotatable bonds is 7. The van der Waals surface area contributed by atoms with Gasteiger partial charge in [-0.05, 0) is 44.7 Å². The summed E-state index contributed by atoms with van der Waals surface area (Å²) in [6, 6.07) is 7.03. The lowest BCUT2D eigenvalue weighted by Crippen LogP contribution is -2.49. The van der Waals surface area contributed by atoms with Crippen molar-refractivity contribution in [1.29, 1.82) is 0 Å². The molecule has 0 radical (unpaired) electrons. The molecule has 7 nitrogen and oxygen atoms in total. The molecule has 1 saturated carbocycles. The van der Waals surface area contributed by atoms with Crippen LogP contribution in [0.5, 0.6) is 5.75 Å². The summed E-state index contributed by atoms with van der Waals surface area (Å²) >= 11 is 0. The van der Waals surface area contributed by atoms with Crippen LogP contribution in [0.4, 0.5) is 0 Å². The molecule has 1 aliphatic carbocycles. The highest BCUT2D eigenvalue weighted by atomic mass is 16.5. The molecular weight excluding hydrogens is 382 g/mol. The van der Waals surface area contributed by atoms with E-state index >= 15 is 0 Å². The number of hydrogen-bond donors (Lipinski definition) is 2. The van der Waals surface area contributed by atoms with Crippen LogP contribution >= 0.6 is 0 Å². The van der Waals surface area contributed by atoms with Gasteiger partial charge in [0.05, 0.1) is 18.7 Å². The van der Waals surface area contributed by atoms with Crippen LogP contribution in [-0.4, -0.2) is 54.9 Å². The van der Waals surface area contributed by atoms with Gasteiger partial charge in [0.1, 0.15) is 5.75 Å². The van der Waals surface area contributed by atoms with E-state index in [-0.39, 0.29) is 30.3 Å². The molecule has 7 heteroatoms. The lowest BCUT2D eigenvalue weighted by molar-refractivity contribution is -0.137. The molecular formula is C23H33N3O4. The van der Waals surface area contributed by atoms with E-state index in [0.29, 0.717) is 36.9 Å². The Morgan fingerprint density at radius 2 is 1.73 bits per heavy atom. The maximum atomic E-state index is 12.6. The van der Waals surface area contributed by atoms with E-state index in [2.05, 4.69) is 10.6 Å². The molecule has 0 atom stereocenters. The first kappa shape index (κ1) is 22.1. The molecule has 0 bridgehead atoms. The maximum absolute atomic E-state index is 12.6. The fraction of sp³-hybridized carbons (Fsp3) is 0.609. The SMILES string of the molecule is CCOc1ccccc1C(=O)NCC(=O)NC1CCN(C(=O)C2CCCCC2)CC1. The number of nitrogens with one attached hydrogen (secondary N) is 2. The van der Waals surface area contributed by atoms with Crippen LogP contribution in [-0.2, 0) is 9.59 Å². The lowest BCUT2D eigenvalue weighted by atomic mass is 9.87. The quantitative estimate of drug-likeness (QED) is 0.716. The van der Waals surface area contributed by atoms with Crippen LogP contribution in [0, 0.1) is 5.92 Å². The molecule has 0 aromatic heterocycles. The van der Waals surface area contributed by atoms with Gasteiger partial charge in [0.25, 0.3) is 5.91 Å². The van der Waals surface area contributed by atoms with E-state index in [4.69, 9.17) is 4.74 Å². The smallest absolute Gasteiger partial charge is 0.255 e. The Morgan fingerprint density at radius 1 is 1.03 bits per heavy atom. The van der Waals surface area contributed by atoms with E-state index in [0.717, 1.165) is 38.5 Å². The first-order valence-electron chi connectivity index (χ1n) is 11.2. The van der Waals surface area contributed by atoms with Gasteiger partial charge < -0.3 is 20.3 Å². The van der Waals surface area contributed by atoms with Gasteiger partial charge in [-0.2, -0.15) is 0 Å². The van der Waals surface area contributed by atoms with Crippen LogP contribution in [0.25, 0.3) is 0 Å². The standard InChI is InChI=1S/C23H33N3O4/c1-2-30-20-11-7-6-10-19(20)22(28)24-16-21(27)25-18-12-14-26(15-13-18)23(29)17-8-4-3-5-9-17/h6-7,10-11,17-18H,2-5,8-9,12-16H2,1H3,(H,24,28)(H,25,27). The first-order valence-corrected chi connectivity index (χ1v) is 11.2. The molecule has 1 aromatic carbocycles. The third-order valence-corrected chi connectivity index (χ3v) is 5.97. The topological polar surface area (TPSA) is 87.7 Å². The molecule has 2 N–H and O–H groups in total. The second-order valence-electron chi connectivity index (χ2n) is 8.11. The van der Waals surface area contributed by atoms with Gasteiger partial charge >= 0.3 is 0 Å². The lowest BCUT2D eigenvalue weighted by Gasteiger charge is -2.35. The highest BCUT2D eigenvalue weighted by Gasteiger charge is 2.29. The summed E-state index contributed by atoms with van der Waals surface area (Å²) in [7, 11) is 0. The Balaban J connectivity index is 1.40. The van der Waals surface area contributed by atoms with Crippen molar-refractivity contribution in [3.8, 4) is 5.75 Å². The zero-order chi connectivity index (χ0) is 21.3. The predicted molar refractivity (Wildman–Crippen MR) is 114 cm³/mol. The zero-order valence-corrected chi connectivity index (χ0v) is 17.8. The summed E-state index contributed by atoms with van der Waals surface area (Å²) < 4.78 is 5.47. The summed E-state index contributed by atoms with van der Waals surface area (Å²) in [5.74, 6) is 0.448. The fourth-order valence-corrected chi connectivity index (χ4v) is 4.32. The van der Waals surface area contributed by atoms with Crippen LogP contribution in [0.3, 0.4) is 0 Å². The minimum absolute atomic E-state index is 0.0421. The molecule has 1 heterocycles. The molecule has 2 fully saturated rings. The monoisotopic (exact) mass is 415 g/mol. The summed E-state index contributed by atoms with van der Waals surface area (Å²) in [5, 5.41) is 5.64. The van der Waals surface area contributed by atoms with Crippen LogP contribution < -0.4 is 15.4 Å². The average molecular weight is 416 g/mol. The van der Waals surface area contributed by atoms with Gasteiger partial charge in [0.15, 0.2) is 0 Å². The fourth-order valence-electron chi connectivity index (χ4n) is 4.32. The van der Waals surface area contributed by atoms with Crippen LogP contribution in [0.15, 0.2) is 24.3 Å². The molecule has 1 aromatic rings. The van der Waals surface area contributed by atoms with Crippen LogP contribution in [0.1, 0.15) is 62.2 Å². The predicted octanol–water partition coefficient (Wildman–Crippen LogP) is 2.50. The van der Waals surface area contributed by atoms with E-state index in [1.165, 1.54) is 6.42 Å². The van der Waals surface area contributed by atoms with Crippen molar-refractivity contribution >= 4 is 17.7 Å². The molecule has 3 rings (SSSR count). The van der Waals surface area contributed by atoms with E-state index in [9.17, 15) is 14.4 Å². The number of amides is 3. The summed E-state index contributed by atoms with van der Waals surface area (Å²) in [6.07, 6.45) is 7.10. The summed E-state index contributed by atoms with van der Waals surface area (Å²) in [5.41, 5.74) is 0.418. The molecule has 0 spiro atoms. The van der Waals surface area contributed by atoms with Crippen LogP contribution in [0.2, 0.25) is 0 Å². The molecule has 0 unspecified atom stereocenters. The molecule has 30 heavy (non-hydrogen) atoms. The molecule has 1 aliphatic heterocycles. The second-order valence-corrected chi connectivity index (χ2v) is 8.11. The van der Waals surface area contributed by atoms with Gasteiger partial charge in [0, 0.05) is 25.0 Å². The molecule has 2 aliphatic rings. The number of para-hydroxylation sites is 1. The molecule has 1 saturated heterocycles. The van der Waals surface area contributed by atoms with Crippen molar-refractivity contribution in [3.63, 3.8) is 0 Å². The average Bonchev–Trinajstić information content (AvgIpc) is 2.79. The van der Waals surface area contributed by atoms with Gasteiger partial charge in [-0.25, -0.2) is 0 Å². The number of ether oxygens (including phenoxy) is 1. The van der Waals surface area contributed by atoms with Crippen molar-refractivity contribution in [2.75, 3.05) is 26.2 Å². The Labute approximate surface area is 178 Å². The maximum Gasteiger partial charge on any atom is 0.255 e. The number of carbonyl (C=O) groups is 3. The third kappa shape index (κ3) is 5.97. The normalized spacial score (nSPS) is 18.0. The minimum atomic E-state index is -0.331. The number of likely N-dealkylation sites (tertiary alicyclic amines) is 1. The second kappa shape index (κ2) is 11.0. The van der Waals surface area contributed by atoms with Crippen molar-refractivity contribution in [2.24, 2.45) is 5.92 Å². The van der Waals surface area contributed by atoms with Crippen molar-refractivity contribution in [3.05, 3.63) is 29.8 Å². The van der Waals surface area contributed by atoms with E-state index in [1.807, 2.05) is 11.8 Å². The number of hydrogen-bond acceptors (Lipinski definition) is 4. The van der Waals surface area contributed by atoms with Gasteiger partial charge in [-0.15, -0.1) is 0 Å². The molecule has 3 amide bonds. The summed E-state index contributed by atoms with van der Waals surface area (Å²) in [6.45, 7) is 3.62. The Bertz CT molecular complexity index is 738. The number of carbonyl (C=O) groups excluding carboxylic acids is 3. The highest BCUT2D eigenvalue weighted by Crippen LogP contribution is 2.26. The summed E-state index contributed by atoms with van der Waals surface area (Å²) in [4.78, 5) is 39.3. The van der Waals surface area contributed by atoms with Crippen molar-refractivity contribution in [2.45, 2.75) is 57.9 Å². The molecule has 164 valence electrons. The Hall–Kier alpha value is -2.57. The van der Waals surface area contributed by atoms with Crippen molar-refractivity contribution < 1.29 is 19.1 Å². The first-order chi connectivity index (χ1) is 14.6. The number of benzene rings is 1. The number of nitrogens with zero attached hydrogens (tertiary/aromatic N) is 1. The van der Waals surface area contributed by atoms with E-state index in [1.54, 1.807) is 24.3 Å². The Kier molecular flexibility index (Phi) is 8.11. The van der Waals surface area contributed by atoms with E-state index < -0.39 is 0 Å². The van der Waals surface area contributed by atoms with Gasteiger partial charge in [0.2, 0.25) is 11.8 Å². The van der Waals surface area contributed by atoms with Crippen molar-refractivity contribution in [1.82, 2.24) is 15.5 Å². The largest absolute Gasteiger partial charge is 0.493 e. The number of piperidine rings is 1. The zero-order valence-electron chi connectivity index (χ0n) is 17.8. The van der Waals surface area contributed by atoms with Gasteiger partial charge in [-0.3, -0.25) is 14.4 Å². The van der Waals surface area contributed by atoms with Gasteiger partial charge in [-0.1, -0.05) is 31.4 Å². The Morgan fingerprint density at radius 3 is 2.43 bits per heavy atom.